The smallest absolute Gasteiger partial charge is 0.310 e. The van der Waals surface area contributed by atoms with Crippen LogP contribution in [-0.2, 0) is 4.79 Å². The molecule has 1 aromatic rings. The Morgan fingerprint density at radius 3 is 2.60 bits per heavy atom. The summed E-state index contributed by atoms with van der Waals surface area (Å²) in [6, 6.07) is 4.94. The van der Waals surface area contributed by atoms with Gasteiger partial charge >= 0.3 is 5.69 Å². The molecule has 0 saturated heterocycles. The Bertz CT molecular complexity index is 715. The lowest BCUT2D eigenvalue weighted by Gasteiger charge is -2.29. The van der Waals surface area contributed by atoms with Gasteiger partial charge in [0, 0.05) is 12.5 Å². The van der Waals surface area contributed by atoms with E-state index < -0.39 is 53.8 Å². The summed E-state index contributed by atoms with van der Waals surface area (Å²) in [5.41, 5.74) is -4.80. The van der Waals surface area contributed by atoms with Gasteiger partial charge in [-0.05, 0) is 6.07 Å². The molecular formula is C13H11F4N3O5. The first kappa shape index (κ1) is 18.6. The molecular weight excluding hydrogens is 354 g/mol. The second-order valence-corrected chi connectivity index (χ2v) is 4.97. The third kappa shape index (κ3) is 3.68. The van der Waals surface area contributed by atoms with Crippen LogP contribution in [0.3, 0.4) is 0 Å². The lowest BCUT2D eigenvalue weighted by Crippen LogP contribution is -2.52. The van der Waals surface area contributed by atoms with E-state index in [1.165, 1.54) is 12.1 Å². The first-order valence-electron chi connectivity index (χ1n) is 6.72. The number of rotatable bonds is 6. The van der Waals surface area contributed by atoms with Crippen molar-refractivity contribution in [2.45, 2.75) is 25.0 Å². The van der Waals surface area contributed by atoms with E-state index >= 15 is 0 Å². The third-order valence-corrected chi connectivity index (χ3v) is 3.29. The molecule has 0 fully saturated rings. The average Bonchev–Trinajstić information content (AvgIpc) is 2.92. The molecule has 1 aromatic carbocycles. The van der Waals surface area contributed by atoms with E-state index in [1.54, 1.807) is 0 Å². The number of hydrazone groups is 1. The van der Waals surface area contributed by atoms with Gasteiger partial charge in [0.05, 0.1) is 4.92 Å². The van der Waals surface area contributed by atoms with Crippen molar-refractivity contribution in [2.24, 2.45) is 5.10 Å². The Labute approximate surface area is 137 Å². The molecule has 0 aromatic heterocycles. The Hall–Kier alpha value is -2.76. The zero-order valence-electron chi connectivity index (χ0n) is 12.3. The van der Waals surface area contributed by atoms with Crippen molar-refractivity contribution in [3.8, 4) is 5.75 Å². The molecule has 1 aliphatic heterocycles. The van der Waals surface area contributed by atoms with Crippen molar-refractivity contribution in [3.05, 3.63) is 34.4 Å². The van der Waals surface area contributed by atoms with Crippen molar-refractivity contribution in [1.82, 2.24) is 5.01 Å². The summed E-state index contributed by atoms with van der Waals surface area (Å²) >= 11 is 0. The Balaban J connectivity index is 2.18. The molecule has 0 unspecified atom stereocenters. The second-order valence-electron chi connectivity index (χ2n) is 4.97. The number of hydrogen-bond acceptors (Lipinski definition) is 6. The number of amides is 1. The number of carbonyl (C=O) groups excluding carboxylic acids is 1. The summed E-state index contributed by atoms with van der Waals surface area (Å²) in [5, 5.41) is 23.5. The molecule has 0 radical (unpaired) electrons. The largest absolute Gasteiger partial charge is 0.477 e. The maximum atomic E-state index is 13.0. The number of nitro benzene ring substituents is 1. The van der Waals surface area contributed by atoms with Crippen LogP contribution in [0.25, 0.3) is 0 Å². The van der Waals surface area contributed by atoms with Crippen LogP contribution in [0.5, 0.6) is 5.75 Å². The molecule has 2 rings (SSSR count). The highest BCUT2D eigenvalue weighted by Crippen LogP contribution is 2.33. The van der Waals surface area contributed by atoms with Gasteiger partial charge in [0.25, 0.3) is 18.8 Å². The van der Waals surface area contributed by atoms with E-state index in [0.29, 0.717) is 0 Å². The highest BCUT2D eigenvalue weighted by Gasteiger charge is 2.53. The maximum absolute atomic E-state index is 13.0. The quantitative estimate of drug-likeness (QED) is 0.470. The van der Waals surface area contributed by atoms with Crippen LogP contribution in [0.15, 0.2) is 29.4 Å². The maximum Gasteiger partial charge on any atom is 0.310 e. The number of halogens is 4. The van der Waals surface area contributed by atoms with Gasteiger partial charge in [-0.3, -0.25) is 14.9 Å². The van der Waals surface area contributed by atoms with Gasteiger partial charge in [-0.1, -0.05) is 12.1 Å². The van der Waals surface area contributed by atoms with E-state index in [1.807, 2.05) is 0 Å². The number of para-hydroxylation sites is 2. The number of nitro groups is 1. The number of alkyl halides is 4. The van der Waals surface area contributed by atoms with E-state index in [9.17, 15) is 37.6 Å². The average molecular weight is 365 g/mol. The summed E-state index contributed by atoms with van der Waals surface area (Å²) in [4.78, 5) is 22.0. The molecule has 0 aliphatic carbocycles. The molecule has 0 bridgehead atoms. The second kappa shape index (κ2) is 7.01. The molecule has 1 aliphatic rings. The molecule has 1 atom stereocenters. The fraction of sp³-hybridized carbons (Fsp3) is 0.385. The minimum Gasteiger partial charge on any atom is -0.477 e. The van der Waals surface area contributed by atoms with Gasteiger partial charge in [-0.25, -0.2) is 17.6 Å². The van der Waals surface area contributed by atoms with Crippen LogP contribution in [0.1, 0.15) is 6.42 Å². The van der Waals surface area contributed by atoms with E-state index in [-0.39, 0.29) is 10.8 Å². The first-order valence-corrected chi connectivity index (χ1v) is 6.72. The van der Waals surface area contributed by atoms with Crippen LogP contribution in [-0.4, -0.2) is 51.8 Å². The molecule has 8 nitrogen and oxygen atoms in total. The Morgan fingerprint density at radius 2 is 2.04 bits per heavy atom. The zero-order valence-corrected chi connectivity index (χ0v) is 12.3. The lowest BCUT2D eigenvalue weighted by atomic mass is 10.1. The summed E-state index contributed by atoms with van der Waals surface area (Å²) < 4.78 is 56.2. The fourth-order valence-corrected chi connectivity index (χ4v) is 2.08. The van der Waals surface area contributed by atoms with Gasteiger partial charge in [0.1, 0.15) is 5.71 Å². The lowest BCUT2D eigenvalue weighted by molar-refractivity contribution is -0.385. The zero-order chi connectivity index (χ0) is 18.8. The minimum absolute atomic E-state index is 0.173. The standard InChI is InChI=1S/C13H11F4N3O5/c14-11(15)7-5-13(22,12(16)17)19(18-7)10(21)6-25-9-4-2-1-3-8(9)20(23)24/h1-4,11-12,22H,5-6H2/t13-/m0/s1. The first-order chi connectivity index (χ1) is 11.7. The number of carbonyl (C=O) groups is 1. The normalized spacial score (nSPS) is 20.1. The predicted molar refractivity (Wildman–Crippen MR) is 74.4 cm³/mol. The van der Waals surface area contributed by atoms with Gasteiger partial charge in [0.15, 0.2) is 12.4 Å². The van der Waals surface area contributed by atoms with Crippen LogP contribution in [0.4, 0.5) is 23.2 Å². The van der Waals surface area contributed by atoms with Crippen molar-refractivity contribution >= 4 is 17.3 Å². The molecule has 1 amide bonds. The van der Waals surface area contributed by atoms with Crippen LogP contribution in [0, 0.1) is 10.1 Å². The predicted octanol–water partition coefficient (Wildman–Crippen LogP) is 1.78. The summed E-state index contributed by atoms with van der Waals surface area (Å²) in [6.45, 7) is -1.03. The van der Waals surface area contributed by atoms with Crippen LogP contribution >= 0.6 is 0 Å². The van der Waals surface area contributed by atoms with Gasteiger partial charge in [-0.15, -0.1) is 0 Å². The monoisotopic (exact) mass is 365 g/mol. The van der Waals surface area contributed by atoms with E-state index in [4.69, 9.17) is 4.74 Å². The molecule has 1 N–H and O–H groups in total. The van der Waals surface area contributed by atoms with Crippen molar-refractivity contribution in [2.75, 3.05) is 6.61 Å². The van der Waals surface area contributed by atoms with Gasteiger partial charge in [-0.2, -0.15) is 10.1 Å². The molecule has 0 saturated carbocycles. The fourth-order valence-electron chi connectivity index (χ4n) is 2.08. The van der Waals surface area contributed by atoms with Gasteiger partial charge < -0.3 is 9.84 Å². The highest BCUT2D eigenvalue weighted by atomic mass is 19.3. The van der Waals surface area contributed by atoms with Gasteiger partial charge in [0.2, 0.25) is 5.72 Å². The summed E-state index contributed by atoms with van der Waals surface area (Å²) in [6.07, 6.45) is -8.03. The number of ether oxygens (including phenoxy) is 1. The Kier molecular flexibility index (Phi) is 5.21. The van der Waals surface area contributed by atoms with E-state index in [0.717, 1.165) is 12.1 Å². The van der Waals surface area contributed by atoms with E-state index in [2.05, 4.69) is 5.10 Å². The molecule has 0 spiro atoms. The van der Waals surface area contributed by atoms with Crippen molar-refractivity contribution < 1.29 is 37.1 Å². The topological polar surface area (TPSA) is 105 Å². The minimum atomic E-state index is -3.57. The highest BCUT2D eigenvalue weighted by molar-refractivity contribution is 5.93. The molecule has 12 heteroatoms. The number of hydrogen-bond donors (Lipinski definition) is 1. The SMILES string of the molecule is O=C(COc1ccccc1[N+](=O)[O-])N1N=C(C(F)F)C[C@]1(O)C(F)F. The summed E-state index contributed by atoms with van der Waals surface area (Å²) in [7, 11) is 0. The number of aliphatic hydroxyl groups is 1. The van der Waals surface area contributed by atoms with Crippen molar-refractivity contribution in [3.63, 3.8) is 0 Å². The molecule has 1 heterocycles. The third-order valence-electron chi connectivity index (χ3n) is 3.29. The number of nitrogens with zero attached hydrogens (tertiary/aromatic N) is 3. The molecule has 136 valence electrons. The summed E-state index contributed by atoms with van der Waals surface area (Å²) in [5.74, 6) is -1.70. The number of benzene rings is 1. The van der Waals surface area contributed by atoms with Crippen LogP contribution < -0.4 is 4.74 Å². The molecule has 25 heavy (non-hydrogen) atoms. The Morgan fingerprint density at radius 1 is 1.40 bits per heavy atom. The van der Waals surface area contributed by atoms with Crippen LogP contribution in [0.2, 0.25) is 0 Å². The van der Waals surface area contributed by atoms with Crippen molar-refractivity contribution in [1.29, 1.82) is 0 Å².